The number of amides is 1. The molecule has 0 fully saturated rings. The quantitative estimate of drug-likeness (QED) is 0.842. The van der Waals surface area contributed by atoms with E-state index in [1.165, 1.54) is 18.8 Å². The highest BCUT2D eigenvalue weighted by Crippen LogP contribution is 2.40. The molecule has 0 radical (unpaired) electrons. The molecule has 2 heterocycles. The Hall–Kier alpha value is -1.44. The number of thioether (sulfide) groups is 1. The third kappa shape index (κ3) is 3.85. The normalized spacial score (nSPS) is 18.4. The Balaban J connectivity index is 2.00. The summed E-state index contributed by atoms with van der Waals surface area (Å²) < 4.78 is 39.2. The van der Waals surface area contributed by atoms with E-state index in [0.717, 1.165) is 23.6 Å². The van der Waals surface area contributed by atoms with Gasteiger partial charge in [0.05, 0.1) is 10.9 Å². The number of carbonyl (C=O) groups is 1. The molecule has 1 aliphatic rings. The van der Waals surface area contributed by atoms with Crippen LogP contribution >= 0.6 is 11.8 Å². The molecule has 1 atom stereocenters. The first-order valence-electron chi connectivity index (χ1n) is 7.09. The maximum absolute atomic E-state index is 12.8. The summed E-state index contributed by atoms with van der Waals surface area (Å²) in [5.74, 6) is -0.0725. The average molecular weight is 333 g/mol. The number of hydrogen-bond donors (Lipinski definition) is 1. The van der Waals surface area contributed by atoms with Gasteiger partial charge in [0, 0.05) is 18.5 Å². The molecule has 4 nitrogen and oxygen atoms in total. The van der Waals surface area contributed by atoms with Crippen LogP contribution in [0.1, 0.15) is 37.6 Å². The number of carbonyl (C=O) groups excluding carboxylic acids is 1. The van der Waals surface area contributed by atoms with Crippen molar-refractivity contribution in [2.75, 3.05) is 6.54 Å². The molecule has 1 aromatic rings. The van der Waals surface area contributed by atoms with E-state index in [-0.39, 0.29) is 16.9 Å². The van der Waals surface area contributed by atoms with Gasteiger partial charge in [0.15, 0.2) is 0 Å². The number of allylic oxidation sites excluding steroid dienone is 1. The lowest BCUT2D eigenvalue weighted by atomic mass is 10.2. The number of aryl methyl sites for hydroxylation is 1. The first kappa shape index (κ1) is 16.9. The van der Waals surface area contributed by atoms with E-state index in [9.17, 15) is 18.0 Å². The summed E-state index contributed by atoms with van der Waals surface area (Å²) in [5, 5.41) is 6.46. The van der Waals surface area contributed by atoms with Crippen LogP contribution in [0.5, 0.6) is 0 Å². The summed E-state index contributed by atoms with van der Waals surface area (Å²) in [7, 11) is 1.27. The van der Waals surface area contributed by atoms with Gasteiger partial charge in [-0.3, -0.25) is 9.48 Å². The van der Waals surface area contributed by atoms with Crippen LogP contribution in [0.3, 0.4) is 0 Å². The monoisotopic (exact) mass is 333 g/mol. The van der Waals surface area contributed by atoms with Crippen LogP contribution in [-0.2, 0) is 18.0 Å². The Kier molecular flexibility index (Phi) is 5.20. The summed E-state index contributed by atoms with van der Waals surface area (Å²) in [6.45, 7) is 2.67. The van der Waals surface area contributed by atoms with Crippen LogP contribution in [0, 0.1) is 0 Å². The maximum Gasteiger partial charge on any atom is 0.433 e. The molecule has 0 bridgehead atoms. The van der Waals surface area contributed by atoms with E-state index in [1.807, 2.05) is 6.92 Å². The maximum atomic E-state index is 12.8. The molecule has 1 unspecified atom stereocenters. The molecule has 0 saturated carbocycles. The van der Waals surface area contributed by atoms with Crippen LogP contribution in [-0.4, -0.2) is 27.5 Å². The van der Waals surface area contributed by atoms with Crippen LogP contribution in [0.4, 0.5) is 13.2 Å². The van der Waals surface area contributed by atoms with E-state index in [1.54, 1.807) is 6.08 Å². The first-order valence-corrected chi connectivity index (χ1v) is 7.97. The van der Waals surface area contributed by atoms with Crippen molar-refractivity contribution in [1.82, 2.24) is 15.1 Å². The van der Waals surface area contributed by atoms with Crippen molar-refractivity contribution in [1.29, 1.82) is 0 Å². The summed E-state index contributed by atoms with van der Waals surface area (Å²) in [6.07, 6.45) is -0.234. The van der Waals surface area contributed by atoms with Gasteiger partial charge in [0.2, 0.25) is 5.91 Å². The van der Waals surface area contributed by atoms with Crippen molar-refractivity contribution in [2.24, 2.45) is 7.05 Å². The van der Waals surface area contributed by atoms with Crippen molar-refractivity contribution >= 4 is 22.6 Å². The summed E-state index contributed by atoms with van der Waals surface area (Å²) in [6, 6.07) is 1.02. The molecule has 22 heavy (non-hydrogen) atoms. The largest absolute Gasteiger partial charge is 0.433 e. The predicted molar refractivity (Wildman–Crippen MR) is 80.1 cm³/mol. The van der Waals surface area contributed by atoms with Crippen LogP contribution < -0.4 is 5.32 Å². The second kappa shape index (κ2) is 6.76. The minimum absolute atomic E-state index is 0.0725. The zero-order valence-corrected chi connectivity index (χ0v) is 13.2. The van der Waals surface area contributed by atoms with E-state index < -0.39 is 11.9 Å². The number of alkyl halides is 3. The Labute approximate surface area is 131 Å². The summed E-state index contributed by atoms with van der Waals surface area (Å²) in [5.41, 5.74) is -0.525. The van der Waals surface area contributed by atoms with Gasteiger partial charge in [0.25, 0.3) is 0 Å². The fraction of sp³-hybridized carbons (Fsp3) is 0.571. The average Bonchev–Trinajstić information content (AvgIpc) is 3.04. The molecule has 1 amide bonds. The van der Waals surface area contributed by atoms with Crippen molar-refractivity contribution in [2.45, 2.75) is 37.6 Å². The SMILES string of the molecule is CCCCNC(=O)C1CC=C(c2cc(C(F)(F)F)n(C)n2)S1. The van der Waals surface area contributed by atoms with Gasteiger partial charge in [0.1, 0.15) is 5.69 Å². The molecule has 0 saturated heterocycles. The molecule has 1 N–H and O–H groups in total. The Morgan fingerprint density at radius 2 is 2.27 bits per heavy atom. The van der Waals surface area contributed by atoms with Gasteiger partial charge in [-0.2, -0.15) is 18.3 Å². The van der Waals surface area contributed by atoms with Crippen molar-refractivity contribution in [3.05, 3.63) is 23.5 Å². The number of rotatable bonds is 5. The standard InChI is InChI=1S/C14H18F3N3OS/c1-3-4-7-18-13(21)11-6-5-10(22-11)9-8-12(14(15,16)17)20(2)19-9/h5,8,11H,3-4,6-7H2,1-2H3,(H,18,21). The fourth-order valence-corrected chi connectivity index (χ4v) is 3.25. The summed E-state index contributed by atoms with van der Waals surface area (Å²) >= 11 is 1.27. The summed E-state index contributed by atoms with van der Waals surface area (Å²) in [4.78, 5) is 12.6. The number of unbranched alkanes of at least 4 members (excludes halogenated alkanes) is 1. The molecule has 2 rings (SSSR count). The molecule has 122 valence electrons. The molecule has 8 heteroatoms. The molecule has 1 aromatic heterocycles. The number of nitrogens with zero attached hydrogens (tertiary/aromatic N) is 2. The van der Waals surface area contributed by atoms with Crippen molar-refractivity contribution in [3.8, 4) is 0 Å². The number of hydrogen-bond acceptors (Lipinski definition) is 3. The van der Waals surface area contributed by atoms with E-state index in [0.29, 0.717) is 17.9 Å². The highest BCUT2D eigenvalue weighted by molar-refractivity contribution is 8.09. The zero-order chi connectivity index (χ0) is 16.3. The van der Waals surface area contributed by atoms with Gasteiger partial charge in [-0.15, -0.1) is 11.8 Å². The Morgan fingerprint density at radius 3 is 2.86 bits per heavy atom. The van der Waals surface area contributed by atoms with Crippen LogP contribution in [0.2, 0.25) is 0 Å². The van der Waals surface area contributed by atoms with Gasteiger partial charge in [-0.1, -0.05) is 19.4 Å². The number of nitrogens with one attached hydrogen (secondary N) is 1. The second-order valence-electron chi connectivity index (χ2n) is 5.09. The van der Waals surface area contributed by atoms with E-state index in [2.05, 4.69) is 10.4 Å². The molecule has 0 aromatic carbocycles. The zero-order valence-electron chi connectivity index (χ0n) is 12.4. The van der Waals surface area contributed by atoms with Gasteiger partial charge in [-0.25, -0.2) is 0 Å². The predicted octanol–water partition coefficient (Wildman–Crippen LogP) is 3.20. The number of aromatic nitrogens is 2. The van der Waals surface area contributed by atoms with Crippen molar-refractivity contribution in [3.63, 3.8) is 0 Å². The molecule has 0 aliphatic carbocycles. The highest BCUT2D eigenvalue weighted by Gasteiger charge is 2.36. The van der Waals surface area contributed by atoms with Gasteiger partial charge in [-0.05, 0) is 18.9 Å². The highest BCUT2D eigenvalue weighted by atomic mass is 32.2. The van der Waals surface area contributed by atoms with Crippen LogP contribution in [0.25, 0.3) is 4.91 Å². The lowest BCUT2D eigenvalue weighted by Crippen LogP contribution is -2.32. The second-order valence-corrected chi connectivity index (χ2v) is 6.34. The van der Waals surface area contributed by atoms with Gasteiger partial charge >= 0.3 is 6.18 Å². The third-order valence-electron chi connectivity index (χ3n) is 3.33. The minimum atomic E-state index is -4.43. The first-order chi connectivity index (χ1) is 10.3. The van der Waals surface area contributed by atoms with Crippen LogP contribution in [0.15, 0.2) is 12.1 Å². The van der Waals surface area contributed by atoms with E-state index >= 15 is 0 Å². The third-order valence-corrected chi connectivity index (χ3v) is 4.65. The molecule has 0 spiro atoms. The molecule has 1 aliphatic heterocycles. The smallest absolute Gasteiger partial charge is 0.355 e. The fourth-order valence-electron chi connectivity index (χ4n) is 2.14. The lowest BCUT2D eigenvalue weighted by Gasteiger charge is -2.10. The topological polar surface area (TPSA) is 46.9 Å². The Bertz CT molecular complexity index is 580. The van der Waals surface area contributed by atoms with E-state index in [4.69, 9.17) is 0 Å². The Morgan fingerprint density at radius 1 is 1.55 bits per heavy atom. The number of halogens is 3. The van der Waals surface area contributed by atoms with Gasteiger partial charge < -0.3 is 5.32 Å². The molecular formula is C14H18F3N3OS. The van der Waals surface area contributed by atoms with Crippen molar-refractivity contribution < 1.29 is 18.0 Å². The molecular weight excluding hydrogens is 315 g/mol. The lowest BCUT2D eigenvalue weighted by molar-refractivity contribution is -0.143. The minimum Gasteiger partial charge on any atom is -0.355 e.